The lowest BCUT2D eigenvalue weighted by Gasteiger charge is -2.17. The van der Waals surface area contributed by atoms with Gasteiger partial charge in [0.25, 0.3) is 5.91 Å². The molecule has 3 heteroatoms. The molecule has 0 aliphatic heterocycles. The Labute approximate surface area is 111 Å². The maximum absolute atomic E-state index is 12.1. The van der Waals surface area contributed by atoms with Crippen molar-refractivity contribution < 1.29 is 4.79 Å². The van der Waals surface area contributed by atoms with Crippen LogP contribution in [0.25, 0.3) is 0 Å². The molecule has 1 aromatic rings. The summed E-state index contributed by atoms with van der Waals surface area (Å²) in [4.78, 5) is 13.9. The van der Waals surface area contributed by atoms with Gasteiger partial charge in [0.15, 0.2) is 0 Å². The molecule has 0 fully saturated rings. The average Bonchev–Trinajstić information content (AvgIpc) is 2.27. The van der Waals surface area contributed by atoms with Crippen LogP contribution < -0.4 is 0 Å². The number of unbranched alkanes of at least 4 members (excludes halogenated alkanes) is 1. The van der Waals surface area contributed by atoms with E-state index in [1.165, 1.54) is 0 Å². The molecular formula is C14H18BrNO. The summed E-state index contributed by atoms with van der Waals surface area (Å²) in [6.45, 7) is 6.42. The highest BCUT2D eigenvalue weighted by Gasteiger charge is 2.11. The normalized spacial score (nSPS) is 10.1. The van der Waals surface area contributed by atoms with Gasteiger partial charge in [0.05, 0.1) is 0 Å². The van der Waals surface area contributed by atoms with Crippen molar-refractivity contribution >= 4 is 21.8 Å². The van der Waals surface area contributed by atoms with E-state index < -0.39 is 0 Å². The molecule has 1 rings (SSSR count). The summed E-state index contributed by atoms with van der Waals surface area (Å²) in [5, 5.41) is 0. The van der Waals surface area contributed by atoms with Crippen molar-refractivity contribution in [3.63, 3.8) is 0 Å². The summed E-state index contributed by atoms with van der Waals surface area (Å²) in [5.74, 6) is 0.0680. The molecule has 0 unspecified atom stereocenters. The zero-order chi connectivity index (χ0) is 12.8. The Morgan fingerprint density at radius 2 is 2.18 bits per heavy atom. The highest BCUT2D eigenvalue weighted by Crippen LogP contribution is 2.16. The molecule has 0 aliphatic rings. The highest BCUT2D eigenvalue weighted by molar-refractivity contribution is 9.10. The molecule has 1 aromatic carbocycles. The Morgan fingerprint density at radius 3 is 2.76 bits per heavy atom. The number of allylic oxidation sites excluding steroid dienone is 1. The van der Waals surface area contributed by atoms with Gasteiger partial charge in [-0.25, -0.2) is 0 Å². The van der Waals surface area contributed by atoms with Crippen LogP contribution >= 0.6 is 15.9 Å². The Hall–Kier alpha value is -1.09. The Morgan fingerprint density at radius 1 is 1.47 bits per heavy atom. The van der Waals surface area contributed by atoms with Crippen LogP contribution in [0.2, 0.25) is 0 Å². The number of carbonyl (C=O) groups excluding carboxylic acids is 1. The number of carbonyl (C=O) groups is 1. The number of halogens is 1. The van der Waals surface area contributed by atoms with Gasteiger partial charge in [-0.2, -0.15) is 0 Å². The van der Waals surface area contributed by atoms with E-state index in [4.69, 9.17) is 0 Å². The smallest absolute Gasteiger partial charge is 0.253 e. The topological polar surface area (TPSA) is 20.3 Å². The van der Waals surface area contributed by atoms with Crippen LogP contribution in [-0.2, 0) is 0 Å². The molecule has 0 heterocycles. The van der Waals surface area contributed by atoms with Crippen molar-refractivity contribution in [2.75, 3.05) is 13.6 Å². The van der Waals surface area contributed by atoms with Gasteiger partial charge in [-0.15, -0.1) is 6.58 Å². The van der Waals surface area contributed by atoms with Gasteiger partial charge >= 0.3 is 0 Å². The third-order valence-corrected chi connectivity index (χ3v) is 3.00. The first kappa shape index (κ1) is 14.0. The summed E-state index contributed by atoms with van der Waals surface area (Å²) in [5.41, 5.74) is 1.82. The lowest BCUT2D eigenvalue weighted by atomic mass is 10.1. The van der Waals surface area contributed by atoms with E-state index in [1.54, 1.807) is 4.90 Å². The van der Waals surface area contributed by atoms with Crippen LogP contribution in [0.1, 0.15) is 28.8 Å². The number of hydrogen-bond acceptors (Lipinski definition) is 1. The summed E-state index contributed by atoms with van der Waals surface area (Å²) in [7, 11) is 1.83. The van der Waals surface area contributed by atoms with Gasteiger partial charge in [-0.1, -0.05) is 22.0 Å². The molecule has 0 saturated heterocycles. The van der Waals surface area contributed by atoms with Crippen molar-refractivity contribution in [2.45, 2.75) is 19.8 Å². The standard InChI is InChI=1S/C14H18BrNO/c1-4-5-6-7-16(3)14(17)12-8-11(2)9-13(15)10-12/h4,8-10H,1,5-7H2,2-3H3. The number of hydrogen-bond donors (Lipinski definition) is 0. The minimum absolute atomic E-state index is 0.0680. The number of rotatable bonds is 5. The van der Waals surface area contributed by atoms with E-state index in [1.807, 2.05) is 38.2 Å². The molecule has 17 heavy (non-hydrogen) atoms. The van der Waals surface area contributed by atoms with Crippen LogP contribution in [0.15, 0.2) is 35.3 Å². The minimum Gasteiger partial charge on any atom is -0.342 e. The average molecular weight is 296 g/mol. The molecule has 0 N–H and O–H groups in total. The van der Waals surface area contributed by atoms with E-state index in [9.17, 15) is 4.79 Å². The van der Waals surface area contributed by atoms with Crippen molar-refractivity contribution in [3.05, 3.63) is 46.5 Å². The third kappa shape index (κ3) is 4.35. The Balaban J connectivity index is 2.70. The maximum atomic E-state index is 12.1. The summed E-state index contributed by atoms with van der Waals surface area (Å²) in [6, 6.07) is 5.77. The fourth-order valence-corrected chi connectivity index (χ4v) is 2.26. The molecule has 0 spiro atoms. The van der Waals surface area contributed by atoms with Crippen molar-refractivity contribution in [1.29, 1.82) is 0 Å². The van der Waals surface area contributed by atoms with E-state index in [2.05, 4.69) is 22.5 Å². The predicted octanol–water partition coefficient (Wildman–Crippen LogP) is 3.80. The molecule has 0 atom stereocenters. The second kappa shape index (κ2) is 6.60. The fourth-order valence-electron chi connectivity index (χ4n) is 1.65. The monoisotopic (exact) mass is 295 g/mol. The quantitative estimate of drug-likeness (QED) is 0.598. The van der Waals surface area contributed by atoms with Crippen LogP contribution in [0.4, 0.5) is 0 Å². The zero-order valence-corrected chi connectivity index (χ0v) is 12.0. The van der Waals surface area contributed by atoms with Gasteiger partial charge in [-0.05, 0) is 43.5 Å². The first-order chi connectivity index (χ1) is 8.04. The molecule has 0 aliphatic carbocycles. The number of amides is 1. The van der Waals surface area contributed by atoms with Crippen LogP contribution in [0.3, 0.4) is 0 Å². The van der Waals surface area contributed by atoms with E-state index in [-0.39, 0.29) is 5.91 Å². The highest BCUT2D eigenvalue weighted by atomic mass is 79.9. The fraction of sp³-hybridized carbons (Fsp3) is 0.357. The second-order valence-electron chi connectivity index (χ2n) is 4.17. The van der Waals surface area contributed by atoms with Gasteiger partial charge < -0.3 is 4.90 Å². The van der Waals surface area contributed by atoms with Gasteiger partial charge in [0.1, 0.15) is 0 Å². The largest absolute Gasteiger partial charge is 0.342 e. The van der Waals surface area contributed by atoms with Gasteiger partial charge in [-0.3, -0.25) is 4.79 Å². The number of benzene rings is 1. The number of nitrogens with zero attached hydrogens (tertiary/aromatic N) is 1. The lowest BCUT2D eigenvalue weighted by molar-refractivity contribution is 0.0793. The van der Waals surface area contributed by atoms with E-state index >= 15 is 0 Å². The van der Waals surface area contributed by atoms with Gasteiger partial charge in [0.2, 0.25) is 0 Å². The van der Waals surface area contributed by atoms with Crippen LogP contribution in [0, 0.1) is 6.92 Å². The van der Waals surface area contributed by atoms with Crippen LogP contribution in [-0.4, -0.2) is 24.4 Å². The summed E-state index contributed by atoms with van der Waals surface area (Å²) in [6.07, 6.45) is 3.77. The van der Waals surface area contributed by atoms with E-state index in [0.717, 1.165) is 35.0 Å². The first-order valence-corrected chi connectivity index (χ1v) is 6.47. The first-order valence-electron chi connectivity index (χ1n) is 5.68. The lowest BCUT2D eigenvalue weighted by Crippen LogP contribution is -2.27. The second-order valence-corrected chi connectivity index (χ2v) is 5.09. The zero-order valence-electron chi connectivity index (χ0n) is 10.4. The Bertz CT molecular complexity index is 394. The molecule has 0 saturated carbocycles. The molecule has 92 valence electrons. The SMILES string of the molecule is C=CCCCN(C)C(=O)c1cc(C)cc(Br)c1. The van der Waals surface area contributed by atoms with Crippen molar-refractivity contribution in [1.82, 2.24) is 4.90 Å². The predicted molar refractivity (Wildman–Crippen MR) is 75.3 cm³/mol. The summed E-state index contributed by atoms with van der Waals surface area (Å²) < 4.78 is 0.945. The van der Waals surface area contributed by atoms with Crippen molar-refractivity contribution in [2.24, 2.45) is 0 Å². The molecule has 0 radical (unpaired) electrons. The molecule has 2 nitrogen and oxygen atoms in total. The molecule has 1 amide bonds. The van der Waals surface area contributed by atoms with Crippen LogP contribution in [0.5, 0.6) is 0 Å². The summed E-state index contributed by atoms with van der Waals surface area (Å²) >= 11 is 3.41. The van der Waals surface area contributed by atoms with Gasteiger partial charge in [0, 0.05) is 23.6 Å². The number of aryl methyl sites for hydroxylation is 1. The molecule has 0 bridgehead atoms. The maximum Gasteiger partial charge on any atom is 0.253 e. The third-order valence-electron chi connectivity index (χ3n) is 2.54. The Kier molecular flexibility index (Phi) is 5.42. The molecular weight excluding hydrogens is 278 g/mol. The minimum atomic E-state index is 0.0680. The van der Waals surface area contributed by atoms with E-state index in [0.29, 0.717) is 0 Å². The van der Waals surface area contributed by atoms with Crippen molar-refractivity contribution in [3.8, 4) is 0 Å². The molecule has 0 aromatic heterocycles.